The molecule has 1 saturated heterocycles. The summed E-state index contributed by atoms with van der Waals surface area (Å²) < 4.78 is 3.84. The molecule has 1 amide bonds. The second kappa shape index (κ2) is 7.02. The van der Waals surface area contributed by atoms with E-state index in [4.69, 9.17) is 0 Å². The summed E-state index contributed by atoms with van der Waals surface area (Å²) in [5.74, 6) is 0.0569. The lowest BCUT2D eigenvalue weighted by atomic mass is 9.94. The molecule has 0 N–H and O–H groups in total. The first kappa shape index (κ1) is 17.7. The minimum atomic E-state index is -0.159. The second-order valence-electron chi connectivity index (χ2n) is 7.35. The Balaban J connectivity index is 1.80. The highest BCUT2D eigenvalue weighted by Crippen LogP contribution is 2.28. The molecule has 0 bridgehead atoms. The maximum Gasteiger partial charge on any atom is 0.230 e. The standard InChI is InChI=1S/C19H29N5O/c1-13-10-20-23(11-13)12-17-8-6-7-9-24(17)19(25)14(2)18-15(3)21-22(5)16(18)4/h10-11,14,17H,6-9,12H2,1-5H3/t14-,17-/m1/s1. The Kier molecular flexibility index (Phi) is 4.97. The third-order valence-electron chi connectivity index (χ3n) is 5.44. The maximum atomic E-state index is 13.3. The molecule has 0 aromatic carbocycles. The highest BCUT2D eigenvalue weighted by atomic mass is 16.2. The number of amides is 1. The van der Waals surface area contributed by atoms with Crippen LogP contribution in [0.4, 0.5) is 0 Å². The topological polar surface area (TPSA) is 56.0 Å². The first-order valence-corrected chi connectivity index (χ1v) is 9.18. The molecule has 3 rings (SSSR count). The molecule has 2 aromatic heterocycles. The van der Waals surface area contributed by atoms with Crippen LogP contribution in [-0.4, -0.2) is 43.0 Å². The zero-order chi connectivity index (χ0) is 18.1. The monoisotopic (exact) mass is 343 g/mol. The highest BCUT2D eigenvalue weighted by Gasteiger charge is 2.32. The van der Waals surface area contributed by atoms with Crippen molar-refractivity contribution < 1.29 is 4.79 Å². The van der Waals surface area contributed by atoms with Crippen molar-refractivity contribution in [2.45, 2.75) is 65.5 Å². The average molecular weight is 343 g/mol. The number of piperidine rings is 1. The molecule has 6 nitrogen and oxygen atoms in total. The smallest absolute Gasteiger partial charge is 0.230 e. The van der Waals surface area contributed by atoms with Crippen LogP contribution in [0.5, 0.6) is 0 Å². The number of carbonyl (C=O) groups is 1. The van der Waals surface area contributed by atoms with Crippen molar-refractivity contribution in [2.24, 2.45) is 7.05 Å². The Morgan fingerprint density at radius 2 is 2.08 bits per heavy atom. The summed E-state index contributed by atoms with van der Waals surface area (Å²) in [6.07, 6.45) is 7.23. The fourth-order valence-electron chi connectivity index (χ4n) is 4.05. The van der Waals surface area contributed by atoms with Gasteiger partial charge in [0.2, 0.25) is 5.91 Å². The molecule has 0 saturated carbocycles. The van der Waals surface area contributed by atoms with E-state index in [1.165, 1.54) is 6.42 Å². The fraction of sp³-hybridized carbons (Fsp3) is 0.632. The minimum absolute atomic E-state index is 0.159. The number of likely N-dealkylation sites (tertiary alicyclic amines) is 1. The van der Waals surface area contributed by atoms with Crippen LogP contribution in [0.25, 0.3) is 0 Å². The molecule has 25 heavy (non-hydrogen) atoms. The van der Waals surface area contributed by atoms with Gasteiger partial charge in [0.05, 0.1) is 30.4 Å². The van der Waals surface area contributed by atoms with Gasteiger partial charge in [0, 0.05) is 31.0 Å². The van der Waals surface area contributed by atoms with Crippen LogP contribution < -0.4 is 0 Å². The van der Waals surface area contributed by atoms with Gasteiger partial charge >= 0.3 is 0 Å². The molecule has 2 atom stereocenters. The summed E-state index contributed by atoms with van der Waals surface area (Å²) in [4.78, 5) is 15.4. The molecule has 3 heterocycles. The number of rotatable bonds is 4. The average Bonchev–Trinajstić information content (AvgIpc) is 3.09. The Morgan fingerprint density at radius 3 is 2.68 bits per heavy atom. The van der Waals surface area contributed by atoms with Crippen molar-refractivity contribution in [3.63, 3.8) is 0 Å². The summed E-state index contributed by atoms with van der Waals surface area (Å²) in [7, 11) is 1.94. The lowest BCUT2D eigenvalue weighted by Crippen LogP contribution is -2.47. The summed E-state index contributed by atoms with van der Waals surface area (Å²) >= 11 is 0. The summed E-state index contributed by atoms with van der Waals surface area (Å²) in [5, 5.41) is 8.88. The Hall–Kier alpha value is -2.11. The summed E-state index contributed by atoms with van der Waals surface area (Å²) in [6, 6.07) is 0.222. The van der Waals surface area contributed by atoms with E-state index < -0.39 is 0 Å². The van der Waals surface area contributed by atoms with Gasteiger partial charge in [-0.25, -0.2) is 0 Å². The number of nitrogens with zero attached hydrogens (tertiary/aromatic N) is 5. The molecule has 136 valence electrons. The van der Waals surface area contributed by atoms with E-state index in [2.05, 4.69) is 21.3 Å². The Bertz CT molecular complexity index is 760. The molecule has 2 aromatic rings. The molecular formula is C19H29N5O. The van der Waals surface area contributed by atoms with Crippen molar-refractivity contribution in [3.05, 3.63) is 34.9 Å². The second-order valence-corrected chi connectivity index (χ2v) is 7.35. The number of aromatic nitrogens is 4. The van der Waals surface area contributed by atoms with E-state index >= 15 is 0 Å². The largest absolute Gasteiger partial charge is 0.337 e. The van der Waals surface area contributed by atoms with E-state index in [0.717, 1.165) is 48.4 Å². The van der Waals surface area contributed by atoms with Crippen LogP contribution in [-0.2, 0) is 18.4 Å². The minimum Gasteiger partial charge on any atom is -0.337 e. The van der Waals surface area contributed by atoms with Crippen LogP contribution in [0.2, 0.25) is 0 Å². The zero-order valence-electron chi connectivity index (χ0n) is 16.0. The number of aryl methyl sites for hydroxylation is 3. The SMILES string of the molecule is Cc1cnn(C[C@H]2CCCCN2C(=O)[C@H](C)c2c(C)nn(C)c2C)c1. The molecule has 6 heteroatoms. The number of hydrogen-bond donors (Lipinski definition) is 0. The van der Waals surface area contributed by atoms with Crippen LogP contribution in [0.1, 0.15) is 54.6 Å². The van der Waals surface area contributed by atoms with Crippen LogP contribution >= 0.6 is 0 Å². The molecule has 0 radical (unpaired) electrons. The molecular weight excluding hydrogens is 314 g/mol. The van der Waals surface area contributed by atoms with E-state index in [1.807, 2.05) is 50.3 Å². The number of hydrogen-bond acceptors (Lipinski definition) is 3. The van der Waals surface area contributed by atoms with Crippen LogP contribution in [0, 0.1) is 20.8 Å². The molecule has 1 aliphatic heterocycles. The van der Waals surface area contributed by atoms with E-state index in [0.29, 0.717) is 0 Å². The van der Waals surface area contributed by atoms with Crippen molar-refractivity contribution >= 4 is 5.91 Å². The van der Waals surface area contributed by atoms with Gasteiger partial charge < -0.3 is 4.90 Å². The summed E-state index contributed by atoms with van der Waals surface area (Å²) in [5.41, 5.74) is 4.27. The quantitative estimate of drug-likeness (QED) is 0.858. The Labute approximate surface area is 149 Å². The third kappa shape index (κ3) is 3.48. The lowest BCUT2D eigenvalue weighted by molar-refractivity contribution is -0.136. The van der Waals surface area contributed by atoms with E-state index in [-0.39, 0.29) is 17.9 Å². The molecule has 1 fully saturated rings. The molecule has 1 aliphatic rings. The zero-order valence-corrected chi connectivity index (χ0v) is 16.0. The van der Waals surface area contributed by atoms with Gasteiger partial charge in [0.15, 0.2) is 0 Å². The van der Waals surface area contributed by atoms with Gasteiger partial charge in [-0.1, -0.05) is 0 Å². The van der Waals surface area contributed by atoms with Crippen molar-refractivity contribution in [1.82, 2.24) is 24.5 Å². The molecule has 0 unspecified atom stereocenters. The number of carbonyl (C=O) groups excluding carboxylic acids is 1. The van der Waals surface area contributed by atoms with Crippen molar-refractivity contribution in [1.29, 1.82) is 0 Å². The highest BCUT2D eigenvalue weighted by molar-refractivity contribution is 5.84. The normalized spacial score (nSPS) is 19.2. The van der Waals surface area contributed by atoms with Gasteiger partial charge in [-0.3, -0.25) is 14.2 Å². The van der Waals surface area contributed by atoms with Gasteiger partial charge in [-0.15, -0.1) is 0 Å². The third-order valence-corrected chi connectivity index (χ3v) is 5.44. The van der Waals surface area contributed by atoms with Crippen molar-refractivity contribution in [2.75, 3.05) is 6.54 Å². The predicted molar refractivity (Wildman–Crippen MR) is 97.4 cm³/mol. The predicted octanol–water partition coefficient (Wildman–Crippen LogP) is 2.73. The fourth-order valence-corrected chi connectivity index (χ4v) is 4.05. The Morgan fingerprint density at radius 1 is 1.32 bits per heavy atom. The van der Waals surface area contributed by atoms with Crippen molar-refractivity contribution in [3.8, 4) is 0 Å². The van der Waals surface area contributed by atoms with Gasteiger partial charge in [0.25, 0.3) is 0 Å². The van der Waals surface area contributed by atoms with Gasteiger partial charge in [0.1, 0.15) is 0 Å². The van der Waals surface area contributed by atoms with Gasteiger partial charge in [-0.05, 0) is 52.5 Å². The maximum absolute atomic E-state index is 13.3. The molecule has 0 aliphatic carbocycles. The van der Waals surface area contributed by atoms with Crippen LogP contribution in [0.3, 0.4) is 0 Å². The summed E-state index contributed by atoms with van der Waals surface area (Å²) in [6.45, 7) is 9.71. The van der Waals surface area contributed by atoms with E-state index in [1.54, 1.807) is 0 Å². The molecule has 0 spiro atoms. The van der Waals surface area contributed by atoms with Gasteiger partial charge in [-0.2, -0.15) is 10.2 Å². The van der Waals surface area contributed by atoms with Crippen LogP contribution in [0.15, 0.2) is 12.4 Å². The van der Waals surface area contributed by atoms with E-state index in [9.17, 15) is 4.79 Å². The first-order chi connectivity index (χ1) is 11.9. The lowest BCUT2D eigenvalue weighted by Gasteiger charge is -2.37. The first-order valence-electron chi connectivity index (χ1n) is 9.18.